The summed E-state index contributed by atoms with van der Waals surface area (Å²) in [6.07, 6.45) is 2.35. The monoisotopic (exact) mass is 268 g/mol. The van der Waals surface area contributed by atoms with Crippen LogP contribution < -0.4 is 0 Å². The summed E-state index contributed by atoms with van der Waals surface area (Å²) in [5.41, 5.74) is 0. The number of rotatable bonds is 8. The second-order valence-corrected chi connectivity index (χ2v) is 9.52. The number of hydrogen-bond acceptors (Lipinski definition) is 3. The molecule has 0 aliphatic carbocycles. The summed E-state index contributed by atoms with van der Waals surface area (Å²) in [5.74, 6) is 0.592. The Balaban J connectivity index is 2.94. The zero-order valence-electron chi connectivity index (χ0n) is 11.8. The van der Waals surface area contributed by atoms with Crippen molar-refractivity contribution in [2.24, 2.45) is 5.92 Å². The first-order valence-corrected chi connectivity index (χ1v) is 9.31. The van der Waals surface area contributed by atoms with Crippen molar-refractivity contribution in [2.75, 3.05) is 0 Å². The van der Waals surface area contributed by atoms with E-state index in [1.807, 2.05) is 19.1 Å². The number of carbonyl (C=O) groups excluding carboxylic acids is 1. The van der Waals surface area contributed by atoms with Crippen LogP contribution in [-0.2, 0) is 9.22 Å². The molecule has 3 nitrogen and oxygen atoms in total. The zero-order valence-corrected chi connectivity index (χ0v) is 12.8. The first-order valence-electron chi connectivity index (χ1n) is 6.79. The van der Waals surface area contributed by atoms with Gasteiger partial charge in [0.2, 0.25) is 0 Å². The fourth-order valence-corrected chi connectivity index (χ4v) is 5.09. The lowest BCUT2D eigenvalue weighted by Gasteiger charge is -2.33. The van der Waals surface area contributed by atoms with Crippen LogP contribution in [0.2, 0.25) is 18.1 Å². The number of hydrogen-bond donors (Lipinski definition) is 0. The topological polar surface area (TPSA) is 39.4 Å². The lowest BCUT2D eigenvalue weighted by molar-refractivity contribution is -0.113. The Hall–Kier alpha value is -0.873. The van der Waals surface area contributed by atoms with Crippen molar-refractivity contribution in [3.8, 4) is 0 Å². The summed E-state index contributed by atoms with van der Waals surface area (Å²) in [7, 11) is -1.73. The molecule has 0 N–H and O–H groups in total. The maximum atomic E-state index is 11.1. The zero-order chi connectivity index (χ0) is 13.6. The van der Waals surface area contributed by atoms with Gasteiger partial charge in [0.1, 0.15) is 18.2 Å². The number of aldehydes is 1. The summed E-state index contributed by atoms with van der Waals surface area (Å²) in [6.45, 7) is 8.44. The summed E-state index contributed by atoms with van der Waals surface area (Å²) in [4.78, 5) is 11.1. The van der Waals surface area contributed by atoms with E-state index in [1.165, 1.54) is 0 Å². The molecule has 0 unspecified atom stereocenters. The third-order valence-corrected chi connectivity index (χ3v) is 8.45. The molecule has 0 spiro atoms. The standard InChI is InChI=1S/C14H24O3Si/c1-5-18(6-2,7-3)17-14(12(4)11-15)13-9-8-10-16-13/h8-12,14H,5-7H2,1-4H3/t12-,14-/m1/s1. The molecule has 0 amide bonds. The van der Waals surface area contributed by atoms with Crippen LogP contribution in [0.25, 0.3) is 0 Å². The van der Waals surface area contributed by atoms with Crippen molar-refractivity contribution >= 4 is 14.6 Å². The molecule has 0 aliphatic heterocycles. The van der Waals surface area contributed by atoms with Gasteiger partial charge in [-0.15, -0.1) is 0 Å². The number of furan rings is 1. The van der Waals surface area contributed by atoms with E-state index >= 15 is 0 Å². The van der Waals surface area contributed by atoms with E-state index in [0.29, 0.717) is 0 Å². The van der Waals surface area contributed by atoms with Gasteiger partial charge in [0.15, 0.2) is 8.32 Å². The smallest absolute Gasteiger partial charge is 0.193 e. The molecule has 0 bridgehead atoms. The SMILES string of the molecule is CC[Si](CC)(CC)O[C@@H](c1ccco1)[C@H](C)C=O. The number of carbonyl (C=O) groups is 1. The molecule has 1 aromatic rings. The van der Waals surface area contributed by atoms with Crippen molar-refractivity contribution in [1.82, 2.24) is 0 Å². The van der Waals surface area contributed by atoms with Crippen LogP contribution in [0.15, 0.2) is 22.8 Å². The molecule has 0 saturated heterocycles. The van der Waals surface area contributed by atoms with Crippen LogP contribution in [0.1, 0.15) is 39.6 Å². The summed E-state index contributed by atoms with van der Waals surface area (Å²) in [6, 6.07) is 6.95. The van der Waals surface area contributed by atoms with Gasteiger partial charge >= 0.3 is 0 Å². The van der Waals surface area contributed by atoms with E-state index in [0.717, 1.165) is 30.2 Å². The molecule has 18 heavy (non-hydrogen) atoms. The first kappa shape index (κ1) is 15.2. The average molecular weight is 268 g/mol. The second-order valence-electron chi connectivity index (χ2n) is 4.79. The fraction of sp³-hybridized carbons (Fsp3) is 0.643. The van der Waals surface area contributed by atoms with Gasteiger partial charge in [0.25, 0.3) is 0 Å². The quantitative estimate of drug-likeness (QED) is 0.524. The average Bonchev–Trinajstić information content (AvgIpc) is 2.94. The fourth-order valence-electron chi connectivity index (χ4n) is 2.22. The van der Waals surface area contributed by atoms with Crippen molar-refractivity contribution in [2.45, 2.75) is 51.9 Å². The molecule has 102 valence electrons. The van der Waals surface area contributed by atoms with Gasteiger partial charge in [0, 0.05) is 5.92 Å². The van der Waals surface area contributed by atoms with Crippen molar-refractivity contribution < 1.29 is 13.6 Å². The van der Waals surface area contributed by atoms with Gasteiger partial charge in [-0.25, -0.2) is 0 Å². The highest BCUT2D eigenvalue weighted by atomic mass is 28.4. The van der Waals surface area contributed by atoms with Crippen LogP contribution in [0, 0.1) is 5.92 Å². The van der Waals surface area contributed by atoms with Gasteiger partial charge < -0.3 is 13.6 Å². The molecule has 0 aliphatic rings. The first-order chi connectivity index (χ1) is 8.62. The molecule has 1 heterocycles. The van der Waals surface area contributed by atoms with Crippen LogP contribution in [0.5, 0.6) is 0 Å². The molecule has 0 saturated carbocycles. The van der Waals surface area contributed by atoms with Crippen LogP contribution in [0.4, 0.5) is 0 Å². The van der Waals surface area contributed by atoms with E-state index in [9.17, 15) is 4.79 Å². The van der Waals surface area contributed by atoms with Gasteiger partial charge in [-0.1, -0.05) is 27.7 Å². The minimum Gasteiger partial charge on any atom is -0.467 e. The summed E-state index contributed by atoms with van der Waals surface area (Å²) < 4.78 is 11.8. The lowest BCUT2D eigenvalue weighted by Crippen LogP contribution is -2.38. The van der Waals surface area contributed by atoms with Crippen molar-refractivity contribution in [1.29, 1.82) is 0 Å². The normalized spacial score (nSPS) is 15.3. The Bertz CT molecular complexity index is 336. The highest BCUT2D eigenvalue weighted by Crippen LogP contribution is 2.33. The van der Waals surface area contributed by atoms with E-state index in [2.05, 4.69) is 20.8 Å². The Kier molecular flexibility index (Phi) is 5.82. The third-order valence-electron chi connectivity index (χ3n) is 3.83. The molecular formula is C14H24O3Si. The highest BCUT2D eigenvalue weighted by molar-refractivity contribution is 6.73. The predicted molar refractivity (Wildman–Crippen MR) is 75.0 cm³/mol. The minimum atomic E-state index is -1.73. The minimum absolute atomic E-state index is 0.173. The maximum Gasteiger partial charge on any atom is 0.193 e. The maximum absolute atomic E-state index is 11.1. The molecule has 0 aromatic carbocycles. The Morgan fingerprint density at radius 3 is 2.33 bits per heavy atom. The van der Waals surface area contributed by atoms with E-state index in [4.69, 9.17) is 8.84 Å². The molecule has 1 rings (SSSR count). The largest absolute Gasteiger partial charge is 0.467 e. The molecule has 0 fully saturated rings. The Morgan fingerprint density at radius 2 is 1.94 bits per heavy atom. The van der Waals surface area contributed by atoms with Gasteiger partial charge in [-0.3, -0.25) is 0 Å². The summed E-state index contributed by atoms with van der Waals surface area (Å²) in [5, 5.41) is 0. The van der Waals surface area contributed by atoms with Crippen molar-refractivity contribution in [3.05, 3.63) is 24.2 Å². The van der Waals surface area contributed by atoms with Crippen LogP contribution in [-0.4, -0.2) is 14.6 Å². The van der Waals surface area contributed by atoms with Gasteiger partial charge in [0.05, 0.1) is 6.26 Å². The molecular weight excluding hydrogens is 244 g/mol. The third kappa shape index (κ3) is 3.33. The molecule has 1 aromatic heterocycles. The summed E-state index contributed by atoms with van der Waals surface area (Å²) >= 11 is 0. The highest BCUT2D eigenvalue weighted by Gasteiger charge is 2.35. The van der Waals surface area contributed by atoms with Gasteiger partial charge in [-0.05, 0) is 30.3 Å². The molecule has 2 atom stereocenters. The van der Waals surface area contributed by atoms with Crippen LogP contribution >= 0.6 is 0 Å². The Morgan fingerprint density at radius 1 is 1.33 bits per heavy atom. The van der Waals surface area contributed by atoms with E-state index in [1.54, 1.807) is 6.26 Å². The molecule has 4 heteroatoms. The van der Waals surface area contributed by atoms with Crippen molar-refractivity contribution in [3.63, 3.8) is 0 Å². The van der Waals surface area contributed by atoms with Gasteiger partial charge in [-0.2, -0.15) is 0 Å². The predicted octanol–water partition coefficient (Wildman–Crippen LogP) is 4.18. The van der Waals surface area contributed by atoms with E-state index in [-0.39, 0.29) is 12.0 Å². The van der Waals surface area contributed by atoms with E-state index < -0.39 is 8.32 Å². The van der Waals surface area contributed by atoms with Crippen LogP contribution in [0.3, 0.4) is 0 Å². The Labute approximate surface area is 111 Å². The second kappa shape index (κ2) is 6.90. The lowest BCUT2D eigenvalue weighted by atomic mass is 10.1. The molecule has 0 radical (unpaired) electrons.